The van der Waals surface area contributed by atoms with Crippen molar-refractivity contribution in [2.24, 2.45) is 0 Å². The highest BCUT2D eigenvalue weighted by Crippen LogP contribution is 2.23. The molecule has 0 atom stereocenters. The number of hydrogen-bond donors (Lipinski definition) is 0. The van der Waals surface area contributed by atoms with Crippen LogP contribution >= 0.6 is 0 Å². The Morgan fingerprint density at radius 1 is 1.43 bits per heavy atom. The number of ether oxygens (including phenoxy) is 2. The standard InChI is InChI=1S/C14H17N3O5S/c1-2-22-14(18)12-15-13(11-6-3-4-8-17(11)12)23(19,20)16-7-5-9-21-10-16/h3-4,6,8H,2,5,7,9-10H2,1H3. The SMILES string of the molecule is CCOC(=O)c1nc(S(=O)(=O)N2CCCOC2)c2ccccn12. The number of hydrogen-bond acceptors (Lipinski definition) is 6. The Labute approximate surface area is 133 Å². The van der Waals surface area contributed by atoms with Gasteiger partial charge < -0.3 is 9.47 Å². The van der Waals surface area contributed by atoms with Gasteiger partial charge in [0, 0.05) is 19.3 Å². The number of aromatic nitrogens is 2. The van der Waals surface area contributed by atoms with Crippen molar-refractivity contribution in [2.45, 2.75) is 18.4 Å². The molecule has 1 aliphatic rings. The molecule has 2 aromatic rings. The van der Waals surface area contributed by atoms with Crippen molar-refractivity contribution in [3.05, 3.63) is 30.2 Å². The van der Waals surface area contributed by atoms with Crippen molar-refractivity contribution in [2.75, 3.05) is 26.5 Å². The normalized spacial score (nSPS) is 16.6. The van der Waals surface area contributed by atoms with E-state index in [9.17, 15) is 13.2 Å². The number of carbonyl (C=O) groups excluding carboxylic acids is 1. The lowest BCUT2D eigenvalue weighted by atomic mass is 10.4. The molecule has 3 heterocycles. The fourth-order valence-electron chi connectivity index (χ4n) is 2.42. The van der Waals surface area contributed by atoms with Gasteiger partial charge in [0.25, 0.3) is 10.0 Å². The Kier molecular flexibility index (Phi) is 4.33. The quantitative estimate of drug-likeness (QED) is 0.768. The molecule has 2 aromatic heterocycles. The Bertz CT molecular complexity index is 824. The average molecular weight is 339 g/mol. The Hall–Kier alpha value is -1.97. The van der Waals surface area contributed by atoms with Gasteiger partial charge in [-0.15, -0.1) is 0 Å². The van der Waals surface area contributed by atoms with Gasteiger partial charge >= 0.3 is 5.97 Å². The van der Waals surface area contributed by atoms with Crippen LogP contribution in [-0.4, -0.2) is 54.6 Å². The molecule has 0 amide bonds. The zero-order chi connectivity index (χ0) is 16.4. The second-order valence-electron chi connectivity index (χ2n) is 4.99. The van der Waals surface area contributed by atoms with Crippen LogP contribution in [0.5, 0.6) is 0 Å². The van der Waals surface area contributed by atoms with E-state index < -0.39 is 16.0 Å². The number of imidazole rings is 1. The second kappa shape index (κ2) is 6.26. The highest BCUT2D eigenvalue weighted by Gasteiger charge is 2.32. The van der Waals surface area contributed by atoms with Gasteiger partial charge in [0.15, 0.2) is 5.03 Å². The summed E-state index contributed by atoms with van der Waals surface area (Å²) in [5, 5.41) is -0.161. The minimum Gasteiger partial charge on any atom is -0.460 e. The third-order valence-corrected chi connectivity index (χ3v) is 5.25. The van der Waals surface area contributed by atoms with Gasteiger partial charge in [0.05, 0.1) is 12.1 Å². The minimum absolute atomic E-state index is 0.0110. The van der Waals surface area contributed by atoms with Crippen LogP contribution in [0, 0.1) is 0 Å². The van der Waals surface area contributed by atoms with E-state index in [0.29, 0.717) is 25.1 Å². The number of nitrogens with zero attached hydrogens (tertiary/aromatic N) is 3. The van der Waals surface area contributed by atoms with Crippen molar-refractivity contribution in [3.63, 3.8) is 0 Å². The first-order chi connectivity index (χ1) is 11.1. The molecule has 124 valence electrons. The summed E-state index contributed by atoms with van der Waals surface area (Å²) in [4.78, 5) is 16.1. The molecule has 0 spiro atoms. The van der Waals surface area contributed by atoms with Crippen molar-refractivity contribution >= 4 is 21.5 Å². The van der Waals surface area contributed by atoms with E-state index in [0.717, 1.165) is 0 Å². The third-order valence-electron chi connectivity index (χ3n) is 3.49. The summed E-state index contributed by atoms with van der Waals surface area (Å²) in [7, 11) is -3.85. The summed E-state index contributed by atoms with van der Waals surface area (Å²) < 4.78 is 38.4. The molecule has 0 aliphatic carbocycles. The number of fused-ring (bicyclic) bond motifs is 1. The lowest BCUT2D eigenvalue weighted by Crippen LogP contribution is -2.38. The lowest BCUT2D eigenvalue weighted by molar-refractivity contribution is 0.0312. The average Bonchev–Trinajstić information content (AvgIpc) is 2.96. The fraction of sp³-hybridized carbons (Fsp3) is 0.429. The van der Waals surface area contributed by atoms with Crippen LogP contribution in [0.4, 0.5) is 0 Å². The van der Waals surface area contributed by atoms with E-state index in [-0.39, 0.29) is 24.2 Å². The van der Waals surface area contributed by atoms with E-state index in [1.54, 1.807) is 31.3 Å². The van der Waals surface area contributed by atoms with Crippen LogP contribution in [-0.2, 0) is 19.5 Å². The molecule has 8 nitrogen and oxygen atoms in total. The largest absolute Gasteiger partial charge is 0.460 e. The van der Waals surface area contributed by atoms with E-state index >= 15 is 0 Å². The first kappa shape index (κ1) is 15.9. The van der Waals surface area contributed by atoms with Crippen LogP contribution in [0.2, 0.25) is 0 Å². The van der Waals surface area contributed by atoms with Crippen LogP contribution in [0.25, 0.3) is 5.52 Å². The predicted molar refractivity (Wildman–Crippen MR) is 80.5 cm³/mol. The molecular formula is C14H17N3O5S. The molecule has 1 fully saturated rings. The van der Waals surface area contributed by atoms with Crippen molar-refractivity contribution in [1.29, 1.82) is 0 Å². The maximum Gasteiger partial charge on any atom is 0.374 e. The maximum atomic E-state index is 12.8. The Morgan fingerprint density at radius 2 is 2.26 bits per heavy atom. The van der Waals surface area contributed by atoms with E-state index in [2.05, 4.69) is 4.98 Å². The smallest absolute Gasteiger partial charge is 0.374 e. The zero-order valence-electron chi connectivity index (χ0n) is 12.6. The van der Waals surface area contributed by atoms with Crippen LogP contribution < -0.4 is 0 Å². The van der Waals surface area contributed by atoms with Crippen molar-refractivity contribution < 1.29 is 22.7 Å². The summed E-state index contributed by atoms with van der Waals surface area (Å²) in [6, 6.07) is 4.99. The van der Waals surface area contributed by atoms with E-state index in [4.69, 9.17) is 9.47 Å². The molecule has 0 radical (unpaired) electrons. The van der Waals surface area contributed by atoms with Gasteiger partial charge in [-0.1, -0.05) is 6.07 Å². The molecule has 3 rings (SSSR count). The molecule has 1 aliphatic heterocycles. The van der Waals surface area contributed by atoms with Crippen LogP contribution in [0.3, 0.4) is 0 Å². The van der Waals surface area contributed by atoms with Gasteiger partial charge in [-0.2, -0.15) is 4.31 Å². The first-order valence-electron chi connectivity index (χ1n) is 7.28. The van der Waals surface area contributed by atoms with Gasteiger partial charge in [0.2, 0.25) is 5.82 Å². The number of rotatable bonds is 4. The maximum absolute atomic E-state index is 12.8. The highest BCUT2D eigenvalue weighted by molar-refractivity contribution is 7.89. The van der Waals surface area contributed by atoms with Gasteiger partial charge in [-0.25, -0.2) is 18.2 Å². The summed E-state index contributed by atoms with van der Waals surface area (Å²) >= 11 is 0. The molecule has 0 N–H and O–H groups in total. The van der Waals surface area contributed by atoms with E-state index in [1.165, 1.54) is 8.71 Å². The van der Waals surface area contributed by atoms with E-state index in [1.807, 2.05) is 0 Å². The topological polar surface area (TPSA) is 90.2 Å². The molecule has 1 saturated heterocycles. The summed E-state index contributed by atoms with van der Waals surface area (Å²) in [5.41, 5.74) is 0.334. The predicted octanol–water partition coefficient (Wildman–Crippen LogP) is 0.879. The number of sulfonamides is 1. The number of esters is 1. The van der Waals surface area contributed by atoms with Gasteiger partial charge in [0.1, 0.15) is 6.73 Å². The van der Waals surface area contributed by atoms with Crippen LogP contribution in [0.15, 0.2) is 29.4 Å². The van der Waals surface area contributed by atoms with Crippen molar-refractivity contribution in [1.82, 2.24) is 13.7 Å². The van der Waals surface area contributed by atoms with Gasteiger partial charge in [-0.3, -0.25) is 4.40 Å². The van der Waals surface area contributed by atoms with Gasteiger partial charge in [-0.05, 0) is 25.5 Å². The number of carbonyl (C=O) groups is 1. The van der Waals surface area contributed by atoms with Crippen LogP contribution in [0.1, 0.15) is 24.0 Å². The Balaban J connectivity index is 2.12. The first-order valence-corrected chi connectivity index (χ1v) is 8.72. The van der Waals surface area contributed by atoms with Crippen molar-refractivity contribution in [3.8, 4) is 0 Å². The lowest BCUT2D eigenvalue weighted by Gasteiger charge is -2.25. The molecule has 0 aromatic carbocycles. The second-order valence-corrected chi connectivity index (χ2v) is 6.84. The molecule has 23 heavy (non-hydrogen) atoms. The molecule has 0 unspecified atom stereocenters. The summed E-state index contributed by atoms with van der Waals surface area (Å²) in [6.45, 7) is 2.74. The molecule has 0 bridgehead atoms. The third kappa shape index (κ3) is 2.82. The summed E-state index contributed by atoms with van der Waals surface area (Å²) in [6.07, 6.45) is 2.20. The zero-order valence-corrected chi connectivity index (χ0v) is 13.5. The highest BCUT2D eigenvalue weighted by atomic mass is 32.2. The molecule has 0 saturated carbocycles. The minimum atomic E-state index is -3.85. The molecular weight excluding hydrogens is 322 g/mol. The number of pyridine rings is 1. The monoisotopic (exact) mass is 339 g/mol. The molecule has 9 heteroatoms. The fourth-order valence-corrected chi connectivity index (χ4v) is 3.88. The summed E-state index contributed by atoms with van der Waals surface area (Å²) in [5.74, 6) is -0.719. The Morgan fingerprint density at radius 3 is 2.96 bits per heavy atom.